The summed E-state index contributed by atoms with van der Waals surface area (Å²) < 4.78 is 1.41. The Balaban J connectivity index is 1.24. The first-order chi connectivity index (χ1) is 27.0. The fraction of sp³-hybridized carbons (Fsp3) is 0.0741. The lowest BCUT2D eigenvalue weighted by Gasteiger charge is -2.30. The molecule has 1 atom stereocenters. The Morgan fingerprint density at radius 1 is 0.382 bits per heavy atom. The van der Waals surface area contributed by atoms with Crippen LogP contribution < -0.4 is 0 Å². The molecule has 10 aromatic rings. The Bertz CT molecular complexity index is 3240. The van der Waals surface area contributed by atoms with Gasteiger partial charge in [-0.3, -0.25) is 0 Å². The van der Waals surface area contributed by atoms with Crippen LogP contribution in [0.25, 0.3) is 86.2 Å². The molecular weight excluding hydrogens is 681 g/mol. The molecule has 0 radical (unpaired) electrons. The summed E-state index contributed by atoms with van der Waals surface area (Å²) in [6, 6.07) is 62.3. The molecule has 1 heteroatoms. The number of hydrogen-bond acceptors (Lipinski definition) is 1. The van der Waals surface area contributed by atoms with Crippen molar-refractivity contribution in [2.75, 3.05) is 0 Å². The Morgan fingerprint density at radius 2 is 0.909 bits per heavy atom. The van der Waals surface area contributed by atoms with Gasteiger partial charge in [-0.05, 0) is 131 Å². The van der Waals surface area contributed by atoms with E-state index in [1.807, 2.05) is 11.3 Å². The lowest BCUT2D eigenvalue weighted by molar-refractivity contribution is 0.802. The van der Waals surface area contributed by atoms with Gasteiger partial charge in [-0.1, -0.05) is 169 Å². The first kappa shape index (κ1) is 31.1. The lowest BCUT2D eigenvalue weighted by atomic mass is 9.69. The Kier molecular flexibility index (Phi) is 6.30. The number of benzene rings is 9. The molecule has 0 amide bonds. The second-order valence-corrected chi connectivity index (χ2v) is 16.7. The van der Waals surface area contributed by atoms with Gasteiger partial charge in [0.25, 0.3) is 0 Å². The second-order valence-electron chi connectivity index (χ2n) is 15.7. The van der Waals surface area contributed by atoms with E-state index in [0.29, 0.717) is 0 Å². The smallest absolute Gasteiger partial charge is 0.0740 e. The standard InChI is InChI=1S/C54H36S/c1-31-27-33(3)52-44(30-31)51-53(55-52)41-22-11-13-25-46(41)54(51)45-24-12-10-21-40(45)50-42(23-14-26-47(50)54)48-36-17-6-8-19-38(36)49(39-20-9-7-18-37(39)48)43-29-32(2)28-34-15-4-5-16-35(34)43/h4-30H,1-3H3. The molecule has 0 fully saturated rings. The van der Waals surface area contributed by atoms with Gasteiger partial charge in [0, 0.05) is 9.58 Å². The summed E-state index contributed by atoms with van der Waals surface area (Å²) in [5.74, 6) is 0. The predicted octanol–water partition coefficient (Wildman–Crippen LogP) is 15.0. The Labute approximate surface area is 325 Å². The zero-order chi connectivity index (χ0) is 36.6. The molecule has 55 heavy (non-hydrogen) atoms. The molecule has 1 heterocycles. The van der Waals surface area contributed by atoms with Crippen molar-refractivity contribution in [3.8, 4) is 43.8 Å². The summed E-state index contributed by atoms with van der Waals surface area (Å²) in [6.07, 6.45) is 0. The molecule has 258 valence electrons. The molecule has 0 saturated carbocycles. The predicted molar refractivity (Wildman–Crippen MR) is 236 cm³/mol. The van der Waals surface area contributed by atoms with E-state index in [9.17, 15) is 0 Å². The minimum absolute atomic E-state index is 0.418. The van der Waals surface area contributed by atoms with Crippen LogP contribution in [0.4, 0.5) is 0 Å². The average molecular weight is 717 g/mol. The van der Waals surface area contributed by atoms with E-state index >= 15 is 0 Å². The molecule has 0 aliphatic heterocycles. The summed E-state index contributed by atoms with van der Waals surface area (Å²) in [5, 5.41) is 9.11. The van der Waals surface area contributed by atoms with Crippen molar-refractivity contribution >= 4 is 53.7 Å². The third-order valence-electron chi connectivity index (χ3n) is 12.6. The highest BCUT2D eigenvalue weighted by Gasteiger charge is 2.54. The Morgan fingerprint density at radius 3 is 1.62 bits per heavy atom. The van der Waals surface area contributed by atoms with Gasteiger partial charge in [-0.25, -0.2) is 0 Å². The van der Waals surface area contributed by atoms with Crippen LogP contribution in [0.1, 0.15) is 38.9 Å². The maximum atomic E-state index is 2.45. The summed E-state index contributed by atoms with van der Waals surface area (Å²) >= 11 is 1.98. The number of rotatable bonds is 2. The number of aryl methyl sites for hydroxylation is 3. The fourth-order valence-corrected chi connectivity index (χ4v) is 12.1. The molecule has 0 bridgehead atoms. The van der Waals surface area contributed by atoms with Gasteiger partial charge in [-0.15, -0.1) is 11.3 Å². The van der Waals surface area contributed by atoms with Crippen LogP contribution in [0.3, 0.4) is 0 Å². The van der Waals surface area contributed by atoms with Gasteiger partial charge < -0.3 is 0 Å². The van der Waals surface area contributed by atoms with E-state index in [1.54, 1.807) is 0 Å². The average Bonchev–Trinajstić information content (AvgIpc) is 3.84. The van der Waals surface area contributed by atoms with E-state index in [2.05, 4.69) is 185 Å². The monoisotopic (exact) mass is 716 g/mol. The molecule has 9 aromatic carbocycles. The van der Waals surface area contributed by atoms with Crippen LogP contribution in [0.2, 0.25) is 0 Å². The van der Waals surface area contributed by atoms with E-state index in [-0.39, 0.29) is 0 Å². The Hall–Kier alpha value is -6.28. The molecule has 1 unspecified atom stereocenters. The first-order valence-electron chi connectivity index (χ1n) is 19.3. The van der Waals surface area contributed by atoms with Crippen LogP contribution in [-0.2, 0) is 5.41 Å². The summed E-state index contributed by atoms with van der Waals surface area (Å²) in [4.78, 5) is 1.41. The fourth-order valence-electron chi connectivity index (χ4n) is 10.7. The van der Waals surface area contributed by atoms with E-state index in [1.165, 1.54) is 125 Å². The van der Waals surface area contributed by atoms with Crippen LogP contribution >= 0.6 is 11.3 Å². The van der Waals surface area contributed by atoms with Gasteiger partial charge in [0.1, 0.15) is 0 Å². The van der Waals surface area contributed by atoms with Crippen LogP contribution in [0.15, 0.2) is 164 Å². The van der Waals surface area contributed by atoms with Crippen LogP contribution in [0, 0.1) is 20.8 Å². The van der Waals surface area contributed by atoms with Crippen molar-refractivity contribution in [2.24, 2.45) is 0 Å². The maximum Gasteiger partial charge on any atom is 0.0740 e. The minimum atomic E-state index is -0.418. The van der Waals surface area contributed by atoms with E-state index in [0.717, 1.165) is 0 Å². The number of thiophene rings is 1. The largest absolute Gasteiger partial charge is 0.135 e. The molecule has 0 nitrogen and oxygen atoms in total. The molecule has 1 spiro atoms. The van der Waals surface area contributed by atoms with Crippen molar-refractivity contribution in [3.63, 3.8) is 0 Å². The lowest BCUT2D eigenvalue weighted by Crippen LogP contribution is -2.25. The third-order valence-corrected chi connectivity index (χ3v) is 14.0. The maximum absolute atomic E-state index is 2.45. The van der Waals surface area contributed by atoms with E-state index in [4.69, 9.17) is 0 Å². The minimum Gasteiger partial charge on any atom is -0.135 e. The van der Waals surface area contributed by atoms with Crippen LogP contribution in [-0.4, -0.2) is 0 Å². The highest BCUT2D eigenvalue weighted by Crippen LogP contribution is 2.67. The first-order valence-corrected chi connectivity index (χ1v) is 20.2. The highest BCUT2D eigenvalue weighted by molar-refractivity contribution is 7.22. The van der Waals surface area contributed by atoms with Crippen molar-refractivity contribution < 1.29 is 0 Å². The topological polar surface area (TPSA) is 0 Å². The van der Waals surface area contributed by atoms with Gasteiger partial charge in [0.15, 0.2) is 0 Å². The molecule has 1 aromatic heterocycles. The number of fused-ring (bicyclic) bond motifs is 15. The van der Waals surface area contributed by atoms with Crippen molar-refractivity contribution in [3.05, 3.63) is 203 Å². The molecule has 0 saturated heterocycles. The molecular formula is C54H36S. The SMILES string of the molecule is Cc1cc(-c2c3ccccc3c(-c3cccc4c3-c3ccccc3C43c4ccccc4-c4sc5c(C)cc(C)cc5c43)c3ccccc23)c2ccccc2c1. The van der Waals surface area contributed by atoms with Gasteiger partial charge >= 0.3 is 0 Å². The second kappa shape index (κ2) is 11.1. The number of hydrogen-bond donors (Lipinski definition) is 0. The van der Waals surface area contributed by atoms with Crippen LogP contribution in [0.5, 0.6) is 0 Å². The van der Waals surface area contributed by atoms with Gasteiger partial charge in [0.2, 0.25) is 0 Å². The summed E-state index contributed by atoms with van der Waals surface area (Å²) in [5.41, 5.74) is 18.4. The molecule has 2 aliphatic carbocycles. The molecule has 12 rings (SSSR count). The zero-order valence-electron chi connectivity index (χ0n) is 31.0. The normalized spacial score (nSPS) is 15.3. The van der Waals surface area contributed by atoms with Gasteiger partial charge in [-0.2, -0.15) is 0 Å². The van der Waals surface area contributed by atoms with Crippen molar-refractivity contribution in [1.82, 2.24) is 0 Å². The summed E-state index contributed by atoms with van der Waals surface area (Å²) in [6.45, 7) is 6.76. The van der Waals surface area contributed by atoms with E-state index < -0.39 is 5.41 Å². The quantitative estimate of drug-likeness (QED) is 0.156. The van der Waals surface area contributed by atoms with Crippen molar-refractivity contribution in [1.29, 1.82) is 0 Å². The van der Waals surface area contributed by atoms with Crippen molar-refractivity contribution in [2.45, 2.75) is 26.2 Å². The third kappa shape index (κ3) is 3.96. The highest BCUT2D eigenvalue weighted by atomic mass is 32.1. The zero-order valence-corrected chi connectivity index (χ0v) is 31.8. The molecule has 2 aliphatic rings. The molecule has 0 N–H and O–H groups in total. The summed E-state index contributed by atoms with van der Waals surface area (Å²) in [7, 11) is 0. The van der Waals surface area contributed by atoms with Gasteiger partial charge in [0.05, 0.1) is 5.41 Å².